The van der Waals surface area contributed by atoms with Gasteiger partial charge in [0.05, 0.1) is 0 Å². The molecule has 0 atom stereocenters. The van der Waals surface area contributed by atoms with E-state index in [2.05, 4.69) is 9.97 Å². The zero-order valence-corrected chi connectivity index (χ0v) is 15.1. The summed E-state index contributed by atoms with van der Waals surface area (Å²) in [6.45, 7) is 3.95. The topological polar surface area (TPSA) is 35.0 Å². The SMILES string of the molecule is Cc1cc(Oc2ccccc2C)nc(SCc2ccccc2Cl)n1. The molecule has 0 saturated heterocycles. The summed E-state index contributed by atoms with van der Waals surface area (Å²) >= 11 is 7.74. The van der Waals surface area contributed by atoms with Crippen LogP contribution in [0.25, 0.3) is 0 Å². The molecule has 0 spiro atoms. The maximum Gasteiger partial charge on any atom is 0.223 e. The Balaban J connectivity index is 1.77. The zero-order chi connectivity index (χ0) is 16.9. The van der Waals surface area contributed by atoms with Crippen molar-refractivity contribution in [3.63, 3.8) is 0 Å². The average Bonchev–Trinajstić information content (AvgIpc) is 2.56. The molecule has 24 heavy (non-hydrogen) atoms. The zero-order valence-electron chi connectivity index (χ0n) is 13.5. The highest BCUT2D eigenvalue weighted by Crippen LogP contribution is 2.28. The smallest absolute Gasteiger partial charge is 0.223 e. The number of rotatable bonds is 5. The predicted octanol–water partition coefficient (Wildman–Crippen LogP) is 5.83. The molecular formula is C19H17ClN2OS. The Bertz CT molecular complexity index is 854. The Morgan fingerprint density at radius 2 is 1.75 bits per heavy atom. The number of para-hydroxylation sites is 1. The number of hydrogen-bond donors (Lipinski definition) is 0. The van der Waals surface area contributed by atoms with Gasteiger partial charge in [-0.1, -0.05) is 59.8 Å². The van der Waals surface area contributed by atoms with Gasteiger partial charge in [-0.3, -0.25) is 0 Å². The van der Waals surface area contributed by atoms with Crippen LogP contribution in [0.15, 0.2) is 59.8 Å². The fourth-order valence-electron chi connectivity index (χ4n) is 2.17. The van der Waals surface area contributed by atoms with Gasteiger partial charge in [-0.15, -0.1) is 0 Å². The van der Waals surface area contributed by atoms with Gasteiger partial charge in [-0.25, -0.2) is 4.98 Å². The molecule has 0 bridgehead atoms. The van der Waals surface area contributed by atoms with E-state index in [1.165, 1.54) is 0 Å². The monoisotopic (exact) mass is 356 g/mol. The second-order valence-electron chi connectivity index (χ2n) is 5.38. The van der Waals surface area contributed by atoms with Gasteiger partial charge in [-0.2, -0.15) is 4.98 Å². The van der Waals surface area contributed by atoms with Crippen LogP contribution in [0.3, 0.4) is 0 Å². The summed E-state index contributed by atoms with van der Waals surface area (Å²) in [6, 6.07) is 17.5. The van der Waals surface area contributed by atoms with E-state index in [-0.39, 0.29) is 0 Å². The summed E-state index contributed by atoms with van der Waals surface area (Å²) in [5, 5.41) is 1.44. The number of hydrogen-bond acceptors (Lipinski definition) is 4. The molecule has 0 aliphatic carbocycles. The standard InChI is InChI=1S/C19H17ClN2OS/c1-13-7-3-6-10-17(13)23-18-11-14(2)21-19(22-18)24-12-15-8-4-5-9-16(15)20/h3-11H,12H2,1-2H3. The number of nitrogens with zero attached hydrogens (tertiary/aromatic N) is 2. The van der Waals surface area contributed by atoms with Crippen molar-refractivity contribution in [1.82, 2.24) is 9.97 Å². The molecule has 3 nitrogen and oxygen atoms in total. The third kappa shape index (κ3) is 4.28. The highest BCUT2D eigenvalue weighted by atomic mass is 35.5. The van der Waals surface area contributed by atoms with Gasteiger partial charge in [0.2, 0.25) is 5.88 Å². The number of thioether (sulfide) groups is 1. The Kier molecular flexibility index (Phi) is 5.38. The van der Waals surface area contributed by atoms with E-state index in [9.17, 15) is 0 Å². The summed E-state index contributed by atoms with van der Waals surface area (Å²) in [5.74, 6) is 2.07. The van der Waals surface area contributed by atoms with Crippen LogP contribution < -0.4 is 4.74 Å². The minimum atomic E-state index is 0.554. The van der Waals surface area contributed by atoms with Gasteiger partial charge in [0.15, 0.2) is 5.16 Å². The summed E-state index contributed by atoms with van der Waals surface area (Å²) in [5.41, 5.74) is 3.00. The maximum atomic E-state index is 6.20. The Labute approximate surface area is 151 Å². The highest BCUT2D eigenvalue weighted by Gasteiger charge is 2.08. The molecule has 122 valence electrons. The number of aromatic nitrogens is 2. The van der Waals surface area contributed by atoms with Crippen LogP contribution in [0.4, 0.5) is 0 Å². The normalized spacial score (nSPS) is 10.6. The number of halogens is 1. The molecule has 2 aromatic carbocycles. The van der Waals surface area contributed by atoms with E-state index in [0.717, 1.165) is 27.6 Å². The number of aryl methyl sites for hydroxylation is 2. The summed E-state index contributed by atoms with van der Waals surface area (Å²) < 4.78 is 5.92. The number of ether oxygens (including phenoxy) is 1. The molecule has 0 radical (unpaired) electrons. The van der Waals surface area contributed by atoms with Crippen LogP contribution in [0.5, 0.6) is 11.6 Å². The molecular weight excluding hydrogens is 340 g/mol. The molecule has 0 aliphatic rings. The van der Waals surface area contributed by atoms with E-state index in [1.54, 1.807) is 11.8 Å². The molecule has 0 fully saturated rings. The van der Waals surface area contributed by atoms with Gasteiger partial charge in [0.25, 0.3) is 0 Å². The molecule has 0 unspecified atom stereocenters. The summed E-state index contributed by atoms with van der Waals surface area (Å²) in [4.78, 5) is 8.97. The lowest BCUT2D eigenvalue weighted by atomic mass is 10.2. The maximum absolute atomic E-state index is 6.20. The predicted molar refractivity (Wildman–Crippen MR) is 99.0 cm³/mol. The van der Waals surface area contributed by atoms with Crippen LogP contribution in [0.2, 0.25) is 5.02 Å². The molecule has 3 aromatic rings. The second-order valence-corrected chi connectivity index (χ2v) is 6.73. The van der Waals surface area contributed by atoms with Crippen molar-refractivity contribution >= 4 is 23.4 Å². The first-order chi connectivity index (χ1) is 11.6. The first kappa shape index (κ1) is 16.8. The second kappa shape index (κ2) is 7.69. The molecule has 3 rings (SSSR count). The van der Waals surface area contributed by atoms with E-state index in [1.807, 2.05) is 68.4 Å². The molecule has 0 amide bonds. The Morgan fingerprint density at radius 1 is 1.00 bits per heavy atom. The Morgan fingerprint density at radius 3 is 2.54 bits per heavy atom. The van der Waals surface area contributed by atoms with Crippen LogP contribution in [-0.2, 0) is 5.75 Å². The van der Waals surface area contributed by atoms with Crippen LogP contribution in [0, 0.1) is 13.8 Å². The van der Waals surface area contributed by atoms with Crippen molar-refractivity contribution < 1.29 is 4.74 Å². The third-order valence-electron chi connectivity index (χ3n) is 3.43. The van der Waals surface area contributed by atoms with E-state index in [0.29, 0.717) is 16.8 Å². The lowest BCUT2D eigenvalue weighted by Crippen LogP contribution is -1.96. The quantitative estimate of drug-likeness (QED) is 0.425. The van der Waals surface area contributed by atoms with E-state index < -0.39 is 0 Å². The lowest BCUT2D eigenvalue weighted by Gasteiger charge is -2.09. The van der Waals surface area contributed by atoms with Crippen molar-refractivity contribution in [3.8, 4) is 11.6 Å². The van der Waals surface area contributed by atoms with Crippen molar-refractivity contribution in [2.24, 2.45) is 0 Å². The largest absolute Gasteiger partial charge is 0.439 e. The Hall–Kier alpha value is -2.04. The van der Waals surface area contributed by atoms with E-state index >= 15 is 0 Å². The number of benzene rings is 2. The first-order valence-electron chi connectivity index (χ1n) is 7.57. The van der Waals surface area contributed by atoms with Crippen LogP contribution >= 0.6 is 23.4 Å². The first-order valence-corrected chi connectivity index (χ1v) is 8.93. The molecule has 0 aliphatic heterocycles. The molecule has 0 saturated carbocycles. The lowest BCUT2D eigenvalue weighted by molar-refractivity contribution is 0.451. The summed E-state index contributed by atoms with van der Waals surface area (Å²) in [7, 11) is 0. The minimum Gasteiger partial charge on any atom is -0.439 e. The highest BCUT2D eigenvalue weighted by molar-refractivity contribution is 7.98. The van der Waals surface area contributed by atoms with Crippen molar-refractivity contribution in [1.29, 1.82) is 0 Å². The van der Waals surface area contributed by atoms with Gasteiger partial charge >= 0.3 is 0 Å². The third-order valence-corrected chi connectivity index (χ3v) is 4.70. The van der Waals surface area contributed by atoms with Gasteiger partial charge < -0.3 is 4.74 Å². The molecule has 1 aromatic heterocycles. The van der Waals surface area contributed by atoms with Crippen molar-refractivity contribution in [2.45, 2.75) is 24.8 Å². The fraction of sp³-hybridized carbons (Fsp3) is 0.158. The van der Waals surface area contributed by atoms with Crippen LogP contribution in [0.1, 0.15) is 16.8 Å². The molecule has 0 N–H and O–H groups in total. The van der Waals surface area contributed by atoms with Crippen LogP contribution in [-0.4, -0.2) is 9.97 Å². The average molecular weight is 357 g/mol. The van der Waals surface area contributed by atoms with Gasteiger partial charge in [-0.05, 0) is 37.1 Å². The van der Waals surface area contributed by atoms with Gasteiger partial charge in [0.1, 0.15) is 5.75 Å². The van der Waals surface area contributed by atoms with Crippen molar-refractivity contribution in [3.05, 3.63) is 76.4 Å². The van der Waals surface area contributed by atoms with E-state index in [4.69, 9.17) is 16.3 Å². The fourth-order valence-corrected chi connectivity index (χ4v) is 3.35. The molecule has 5 heteroatoms. The minimum absolute atomic E-state index is 0.554. The summed E-state index contributed by atoms with van der Waals surface area (Å²) in [6.07, 6.45) is 0. The molecule has 1 heterocycles. The van der Waals surface area contributed by atoms with Gasteiger partial charge in [0, 0.05) is 22.5 Å². The van der Waals surface area contributed by atoms with Crippen molar-refractivity contribution in [2.75, 3.05) is 0 Å².